The Kier molecular flexibility index (Phi) is 4.21. The zero-order chi connectivity index (χ0) is 14.9. The third kappa shape index (κ3) is 3.24. The summed E-state index contributed by atoms with van der Waals surface area (Å²) in [6.07, 6.45) is 1.54. The van der Waals surface area contributed by atoms with Crippen molar-refractivity contribution < 1.29 is 19.6 Å². The number of hydrogen-bond acceptors (Lipinski definition) is 4. The number of non-ortho nitro benzene ring substituents is 1. The van der Waals surface area contributed by atoms with E-state index in [9.17, 15) is 19.7 Å². The number of hydrogen-bond donors (Lipinski definition) is 1. The van der Waals surface area contributed by atoms with Crippen molar-refractivity contribution in [2.75, 3.05) is 6.54 Å². The molecule has 1 aromatic rings. The van der Waals surface area contributed by atoms with Crippen molar-refractivity contribution in [2.24, 2.45) is 0 Å². The third-order valence-corrected chi connectivity index (χ3v) is 3.89. The highest BCUT2D eigenvalue weighted by atomic mass is 127. The Morgan fingerprint density at radius 2 is 2.10 bits per heavy atom. The summed E-state index contributed by atoms with van der Waals surface area (Å²) in [7, 11) is 0. The first-order chi connectivity index (χ1) is 9.40. The summed E-state index contributed by atoms with van der Waals surface area (Å²) in [6, 6.07) is 3.92. The summed E-state index contributed by atoms with van der Waals surface area (Å²) in [6.45, 7) is -0.387. The van der Waals surface area contributed by atoms with Crippen molar-refractivity contribution >= 4 is 40.2 Å². The van der Waals surface area contributed by atoms with Crippen molar-refractivity contribution in [1.29, 1.82) is 0 Å². The lowest BCUT2D eigenvalue weighted by Gasteiger charge is -2.20. The van der Waals surface area contributed by atoms with Gasteiger partial charge in [-0.25, -0.2) is 0 Å². The largest absolute Gasteiger partial charge is 0.480 e. The Hall–Kier alpha value is -1.71. The van der Waals surface area contributed by atoms with E-state index in [2.05, 4.69) is 0 Å². The van der Waals surface area contributed by atoms with Crippen LogP contribution in [0.3, 0.4) is 0 Å². The maximum atomic E-state index is 12.4. The topological polar surface area (TPSA) is 101 Å². The standard InChI is InChI=1S/C12H11IN2O5/c13-10-4-3-8(15(19)20)5-9(10)12(18)14(6-11(16)17)7-1-2-7/h3-5,7H,1-2,6H2,(H,16,17). The molecule has 0 aliphatic heterocycles. The van der Waals surface area contributed by atoms with Crippen LogP contribution in [0.1, 0.15) is 23.2 Å². The minimum absolute atomic E-state index is 0.0753. The molecule has 0 radical (unpaired) electrons. The molecule has 0 spiro atoms. The molecule has 8 heteroatoms. The zero-order valence-corrected chi connectivity index (χ0v) is 12.4. The van der Waals surface area contributed by atoms with Gasteiger partial charge >= 0.3 is 5.97 Å². The molecule has 0 bridgehead atoms. The number of carboxylic acids is 1. The van der Waals surface area contributed by atoms with E-state index in [1.54, 1.807) is 0 Å². The molecule has 0 unspecified atom stereocenters. The molecular formula is C12H11IN2O5. The number of aliphatic carboxylic acids is 1. The maximum Gasteiger partial charge on any atom is 0.323 e. The van der Waals surface area contributed by atoms with Crippen LogP contribution in [0.2, 0.25) is 0 Å². The molecule has 0 atom stereocenters. The van der Waals surface area contributed by atoms with Crippen LogP contribution in [0.5, 0.6) is 0 Å². The van der Waals surface area contributed by atoms with E-state index in [0.717, 1.165) is 12.8 Å². The normalized spacial score (nSPS) is 13.8. The molecule has 1 fully saturated rings. The van der Waals surface area contributed by atoms with Gasteiger partial charge in [0.15, 0.2) is 0 Å². The number of carbonyl (C=O) groups excluding carboxylic acids is 1. The first kappa shape index (κ1) is 14.7. The van der Waals surface area contributed by atoms with Gasteiger partial charge in [-0.15, -0.1) is 0 Å². The molecule has 0 saturated heterocycles. The van der Waals surface area contributed by atoms with Crippen LogP contribution in [-0.4, -0.2) is 39.4 Å². The highest BCUT2D eigenvalue weighted by Gasteiger charge is 2.35. The number of rotatable bonds is 5. The summed E-state index contributed by atoms with van der Waals surface area (Å²) >= 11 is 1.91. The molecule has 0 aromatic heterocycles. The number of nitro groups is 1. The fourth-order valence-electron chi connectivity index (χ4n) is 1.84. The van der Waals surface area contributed by atoms with Crippen LogP contribution in [0.25, 0.3) is 0 Å². The summed E-state index contributed by atoms with van der Waals surface area (Å²) in [5, 5.41) is 19.6. The average Bonchev–Trinajstić information content (AvgIpc) is 3.19. The molecule has 7 nitrogen and oxygen atoms in total. The van der Waals surface area contributed by atoms with Crippen LogP contribution < -0.4 is 0 Å². The second-order valence-corrected chi connectivity index (χ2v) is 5.64. The smallest absolute Gasteiger partial charge is 0.323 e. The van der Waals surface area contributed by atoms with Gasteiger partial charge in [0.05, 0.1) is 10.5 Å². The molecule has 0 heterocycles. The van der Waals surface area contributed by atoms with Crippen molar-refractivity contribution in [3.8, 4) is 0 Å². The fourth-order valence-corrected chi connectivity index (χ4v) is 2.41. The summed E-state index contributed by atoms with van der Waals surface area (Å²) in [5.74, 6) is -1.56. The number of halogens is 1. The molecule has 1 amide bonds. The van der Waals surface area contributed by atoms with Crippen molar-refractivity contribution in [3.05, 3.63) is 37.4 Å². The lowest BCUT2D eigenvalue weighted by atomic mass is 10.1. The van der Waals surface area contributed by atoms with Crippen LogP contribution in [0.4, 0.5) is 5.69 Å². The van der Waals surface area contributed by atoms with Crippen LogP contribution in [0.15, 0.2) is 18.2 Å². The number of nitrogens with zero attached hydrogens (tertiary/aromatic N) is 2. The van der Waals surface area contributed by atoms with E-state index >= 15 is 0 Å². The Morgan fingerprint density at radius 1 is 1.45 bits per heavy atom. The highest BCUT2D eigenvalue weighted by Crippen LogP contribution is 2.30. The van der Waals surface area contributed by atoms with Crippen molar-refractivity contribution in [1.82, 2.24) is 4.90 Å². The second kappa shape index (κ2) is 5.73. The quantitative estimate of drug-likeness (QED) is 0.470. The number of carboxylic acid groups (broad SMARTS) is 1. The molecule has 2 rings (SSSR count). The number of benzene rings is 1. The molecule has 1 aliphatic rings. The van der Waals surface area contributed by atoms with Gasteiger partial charge < -0.3 is 10.0 Å². The lowest BCUT2D eigenvalue weighted by molar-refractivity contribution is -0.384. The number of amides is 1. The van der Waals surface area contributed by atoms with Gasteiger partial charge in [-0.2, -0.15) is 0 Å². The SMILES string of the molecule is O=C(O)CN(C(=O)c1cc([N+](=O)[O-])ccc1I)C1CC1. The minimum Gasteiger partial charge on any atom is -0.480 e. The molecule has 1 aliphatic carbocycles. The van der Waals surface area contributed by atoms with Crippen molar-refractivity contribution in [2.45, 2.75) is 18.9 Å². The van der Waals surface area contributed by atoms with Gasteiger partial charge in [0, 0.05) is 21.7 Å². The van der Waals surface area contributed by atoms with Gasteiger partial charge in [0.2, 0.25) is 0 Å². The molecule has 20 heavy (non-hydrogen) atoms. The Bertz CT molecular complexity index is 585. The Balaban J connectivity index is 2.33. The molecule has 1 saturated carbocycles. The molecule has 1 aromatic carbocycles. The summed E-state index contributed by atoms with van der Waals surface area (Å²) < 4.78 is 0.564. The van der Waals surface area contributed by atoms with Gasteiger partial charge in [0.25, 0.3) is 11.6 Å². The van der Waals surface area contributed by atoms with Gasteiger partial charge in [-0.3, -0.25) is 19.7 Å². The van der Waals surface area contributed by atoms with Gasteiger partial charge in [-0.05, 0) is 41.5 Å². The van der Waals surface area contributed by atoms with Gasteiger partial charge in [0.1, 0.15) is 6.54 Å². The van der Waals surface area contributed by atoms with E-state index in [0.29, 0.717) is 3.57 Å². The Morgan fingerprint density at radius 3 is 2.60 bits per heavy atom. The number of nitro benzene ring substituents is 1. The third-order valence-electron chi connectivity index (χ3n) is 2.95. The van der Waals surface area contributed by atoms with E-state index in [1.807, 2.05) is 22.6 Å². The van der Waals surface area contributed by atoms with E-state index in [-0.39, 0.29) is 23.8 Å². The van der Waals surface area contributed by atoms with E-state index in [1.165, 1.54) is 23.1 Å². The monoisotopic (exact) mass is 390 g/mol. The van der Waals surface area contributed by atoms with Crippen LogP contribution in [-0.2, 0) is 4.79 Å². The Labute approximate surface area is 127 Å². The average molecular weight is 390 g/mol. The van der Waals surface area contributed by atoms with E-state index < -0.39 is 16.8 Å². The number of carbonyl (C=O) groups is 2. The molecular weight excluding hydrogens is 379 g/mol. The highest BCUT2D eigenvalue weighted by molar-refractivity contribution is 14.1. The van der Waals surface area contributed by atoms with Crippen molar-refractivity contribution in [3.63, 3.8) is 0 Å². The fraction of sp³-hybridized carbons (Fsp3) is 0.333. The predicted octanol–water partition coefficient (Wildman–Crippen LogP) is 1.89. The molecule has 106 valence electrons. The predicted molar refractivity (Wildman–Crippen MR) is 77.5 cm³/mol. The van der Waals surface area contributed by atoms with Gasteiger partial charge in [-0.1, -0.05) is 0 Å². The lowest BCUT2D eigenvalue weighted by Crippen LogP contribution is -2.37. The second-order valence-electron chi connectivity index (χ2n) is 4.48. The minimum atomic E-state index is -1.09. The van der Waals surface area contributed by atoms with Crippen LogP contribution in [0, 0.1) is 13.7 Å². The summed E-state index contributed by atoms with van der Waals surface area (Å²) in [5.41, 5.74) is -0.00668. The first-order valence-corrected chi connectivity index (χ1v) is 6.94. The molecule has 1 N–H and O–H groups in total. The maximum absolute atomic E-state index is 12.4. The van der Waals surface area contributed by atoms with Crippen LogP contribution >= 0.6 is 22.6 Å². The first-order valence-electron chi connectivity index (χ1n) is 5.87. The van der Waals surface area contributed by atoms with E-state index in [4.69, 9.17) is 5.11 Å². The summed E-state index contributed by atoms with van der Waals surface area (Å²) in [4.78, 5) is 34.7. The zero-order valence-electron chi connectivity index (χ0n) is 10.3.